The second-order valence-electron chi connectivity index (χ2n) is 7.80. The fourth-order valence-electron chi connectivity index (χ4n) is 4.07. The Balaban J connectivity index is 1.61. The molecule has 3 heterocycles. The van der Waals surface area contributed by atoms with Crippen LogP contribution in [0.25, 0.3) is 0 Å². The Kier molecular flexibility index (Phi) is 6.17. The highest BCUT2D eigenvalue weighted by molar-refractivity contribution is 7.98. The molecule has 8 nitrogen and oxygen atoms in total. The number of hydrogen-bond acceptors (Lipinski definition) is 9. The van der Waals surface area contributed by atoms with Crippen LogP contribution >= 0.6 is 11.9 Å². The Hall–Kier alpha value is -2.60. The summed E-state index contributed by atoms with van der Waals surface area (Å²) >= 11 is 1.27. The number of nitrogens with one attached hydrogen (secondary N) is 1. The van der Waals surface area contributed by atoms with Crippen molar-refractivity contribution in [1.29, 1.82) is 0 Å². The average Bonchev–Trinajstić information content (AvgIpc) is 2.96. The van der Waals surface area contributed by atoms with Gasteiger partial charge in [-0.3, -0.25) is 4.98 Å². The quantitative estimate of drug-likeness (QED) is 0.624. The molecule has 0 bridgehead atoms. The van der Waals surface area contributed by atoms with E-state index in [1.54, 1.807) is 13.3 Å². The maximum atomic E-state index is 12.6. The predicted molar refractivity (Wildman–Crippen MR) is 119 cm³/mol. The normalized spacial score (nSPS) is 20.5. The smallest absolute Gasteiger partial charge is 0.390 e. The number of hydrogen-bond donors (Lipinski definition) is 2. The van der Waals surface area contributed by atoms with Crippen LogP contribution in [0.3, 0.4) is 0 Å². The van der Waals surface area contributed by atoms with Crippen LogP contribution in [-0.4, -0.2) is 59.0 Å². The molecule has 172 valence electrons. The summed E-state index contributed by atoms with van der Waals surface area (Å²) < 4.78 is 47.6. The van der Waals surface area contributed by atoms with Gasteiger partial charge in [-0.05, 0) is 31.4 Å². The van der Waals surface area contributed by atoms with Crippen LogP contribution in [-0.2, 0) is 6.54 Å². The molecule has 1 aromatic heterocycles. The van der Waals surface area contributed by atoms with Gasteiger partial charge in [0.2, 0.25) is 0 Å². The molecule has 1 unspecified atom stereocenters. The summed E-state index contributed by atoms with van der Waals surface area (Å²) in [7, 11) is 1.61. The van der Waals surface area contributed by atoms with Gasteiger partial charge >= 0.3 is 6.18 Å². The van der Waals surface area contributed by atoms with Crippen LogP contribution in [0.5, 0.6) is 5.75 Å². The molecule has 1 aromatic rings. The third kappa shape index (κ3) is 4.46. The maximum Gasteiger partial charge on any atom is 0.390 e. The summed E-state index contributed by atoms with van der Waals surface area (Å²) in [5, 5.41) is 13.8. The highest BCUT2D eigenvalue weighted by Crippen LogP contribution is 2.35. The van der Waals surface area contributed by atoms with Crippen molar-refractivity contribution < 1.29 is 17.9 Å². The Labute approximate surface area is 188 Å². The molecule has 0 fully saturated rings. The first kappa shape index (κ1) is 22.6. The van der Waals surface area contributed by atoms with E-state index < -0.39 is 12.6 Å². The third-order valence-electron chi connectivity index (χ3n) is 5.58. The fourth-order valence-corrected chi connectivity index (χ4v) is 4.84. The highest BCUT2D eigenvalue weighted by atomic mass is 32.2. The minimum Gasteiger partial charge on any atom is -0.496 e. The molecule has 32 heavy (non-hydrogen) atoms. The number of nitrogens with zero attached hydrogens (tertiary/aromatic N) is 5. The lowest BCUT2D eigenvalue weighted by Gasteiger charge is -2.23. The monoisotopic (exact) mass is 467 g/mol. The van der Waals surface area contributed by atoms with E-state index in [0.717, 1.165) is 39.4 Å². The van der Waals surface area contributed by atoms with E-state index in [4.69, 9.17) is 10.5 Å². The standard InChI is InChI=1S/C20H24F3N7OS/c1-10-7-26-15(11(2)18(10)31-3)8-30-27-14-6-13(25-5-4-20(21,22)23)12-9-32-29-19(24)17(28-30)16(12)14/h7,13,25H,4-6,8-9H2,1-3H3,(H2,24,29). The van der Waals surface area contributed by atoms with Crippen LogP contribution in [0.1, 0.15) is 29.7 Å². The van der Waals surface area contributed by atoms with Crippen LogP contribution in [0.4, 0.5) is 13.2 Å². The van der Waals surface area contributed by atoms with Crippen molar-refractivity contribution in [2.45, 2.75) is 45.5 Å². The van der Waals surface area contributed by atoms with Gasteiger partial charge in [0, 0.05) is 47.7 Å². The predicted octanol–water partition coefficient (Wildman–Crippen LogP) is 2.86. The third-order valence-corrected chi connectivity index (χ3v) is 6.35. The highest BCUT2D eigenvalue weighted by Gasteiger charge is 2.39. The topological polar surface area (TPSA) is 100 Å². The first-order valence-corrected chi connectivity index (χ1v) is 11.0. The lowest BCUT2D eigenvalue weighted by molar-refractivity contribution is -0.133. The number of halogens is 3. The fraction of sp³-hybridized carbons (Fsp3) is 0.500. The Bertz CT molecular complexity index is 1050. The van der Waals surface area contributed by atoms with Gasteiger partial charge in [-0.1, -0.05) is 0 Å². The van der Waals surface area contributed by atoms with Crippen LogP contribution < -0.4 is 15.8 Å². The molecule has 2 aliphatic heterocycles. The first-order chi connectivity index (χ1) is 15.2. The second-order valence-corrected chi connectivity index (χ2v) is 8.53. The van der Waals surface area contributed by atoms with E-state index >= 15 is 0 Å². The first-order valence-electron chi connectivity index (χ1n) is 10.1. The van der Waals surface area contributed by atoms with Crippen molar-refractivity contribution in [3.05, 3.63) is 34.2 Å². The summed E-state index contributed by atoms with van der Waals surface area (Å²) in [6.07, 6.45) is -2.89. The summed E-state index contributed by atoms with van der Waals surface area (Å²) in [4.78, 5) is 4.51. The molecular weight excluding hydrogens is 443 g/mol. The molecule has 0 saturated carbocycles. The number of aromatic nitrogens is 1. The van der Waals surface area contributed by atoms with Crippen molar-refractivity contribution in [1.82, 2.24) is 15.4 Å². The Morgan fingerprint density at radius 2 is 2.09 bits per heavy atom. The van der Waals surface area contributed by atoms with Gasteiger partial charge < -0.3 is 15.8 Å². The maximum absolute atomic E-state index is 12.6. The zero-order valence-corrected chi connectivity index (χ0v) is 18.8. The molecule has 3 aliphatic rings. The zero-order valence-electron chi connectivity index (χ0n) is 18.0. The van der Waals surface area contributed by atoms with Gasteiger partial charge in [0.1, 0.15) is 18.0 Å². The molecular formula is C20H24F3N7OS. The van der Waals surface area contributed by atoms with Crippen molar-refractivity contribution in [2.75, 3.05) is 19.4 Å². The van der Waals surface area contributed by atoms with Gasteiger partial charge in [-0.25, -0.2) is 0 Å². The zero-order chi connectivity index (χ0) is 23.0. The van der Waals surface area contributed by atoms with Gasteiger partial charge in [-0.15, -0.1) is 0 Å². The van der Waals surface area contributed by atoms with Crippen LogP contribution in [0.2, 0.25) is 0 Å². The number of amidine groups is 1. The lowest BCUT2D eigenvalue weighted by Crippen LogP contribution is -2.34. The Morgan fingerprint density at radius 3 is 2.81 bits per heavy atom. The minimum absolute atomic E-state index is 0.165. The van der Waals surface area contributed by atoms with E-state index in [0.29, 0.717) is 24.4 Å². The van der Waals surface area contributed by atoms with E-state index in [1.165, 1.54) is 17.1 Å². The van der Waals surface area contributed by atoms with Crippen molar-refractivity contribution >= 4 is 29.2 Å². The summed E-state index contributed by atoms with van der Waals surface area (Å²) in [5.74, 6) is 1.56. The van der Waals surface area contributed by atoms with Gasteiger partial charge in [-0.2, -0.15) is 32.9 Å². The molecule has 0 spiro atoms. The molecule has 0 saturated heterocycles. The van der Waals surface area contributed by atoms with E-state index in [1.807, 2.05) is 13.8 Å². The number of alkyl halides is 3. The number of pyridine rings is 1. The molecule has 1 atom stereocenters. The summed E-state index contributed by atoms with van der Waals surface area (Å²) in [6.45, 7) is 3.98. The van der Waals surface area contributed by atoms with Gasteiger partial charge in [0.05, 0.1) is 24.9 Å². The molecule has 0 aromatic carbocycles. The number of hydrazone groups is 2. The van der Waals surface area contributed by atoms with Crippen molar-refractivity contribution in [3.8, 4) is 5.75 Å². The lowest BCUT2D eigenvalue weighted by atomic mass is 10.0. The van der Waals surface area contributed by atoms with E-state index in [2.05, 4.69) is 24.9 Å². The largest absolute Gasteiger partial charge is 0.496 e. The van der Waals surface area contributed by atoms with E-state index in [9.17, 15) is 13.2 Å². The van der Waals surface area contributed by atoms with Crippen molar-refractivity contribution in [2.24, 2.45) is 20.3 Å². The Morgan fingerprint density at radius 1 is 1.31 bits per heavy atom. The second kappa shape index (κ2) is 8.74. The molecule has 4 rings (SSSR count). The molecule has 0 amide bonds. The number of aryl methyl sites for hydroxylation is 1. The number of rotatable bonds is 6. The molecule has 3 N–H and O–H groups in total. The molecule has 12 heteroatoms. The molecule has 1 aliphatic carbocycles. The van der Waals surface area contributed by atoms with Gasteiger partial charge in [0.25, 0.3) is 0 Å². The van der Waals surface area contributed by atoms with E-state index in [-0.39, 0.29) is 18.4 Å². The number of nitrogens with two attached hydrogens (primary N) is 1. The summed E-state index contributed by atoms with van der Waals surface area (Å²) in [6, 6.07) is -0.260. The average molecular weight is 468 g/mol. The summed E-state index contributed by atoms with van der Waals surface area (Å²) in [5.41, 5.74) is 11.7. The SMILES string of the molecule is COc1c(C)cnc(CN2N=C3CC(NCCC(F)(F)F)C4=C3C(=N2)C(N)=NSC4)c1C. The molecule has 0 radical (unpaired) electrons. The van der Waals surface area contributed by atoms with Crippen LogP contribution in [0, 0.1) is 13.8 Å². The van der Waals surface area contributed by atoms with Crippen LogP contribution in [0.15, 0.2) is 31.9 Å². The minimum atomic E-state index is -4.21. The number of ether oxygens (including phenoxy) is 1. The number of methoxy groups -OCH3 is 1. The van der Waals surface area contributed by atoms with Crippen molar-refractivity contribution in [3.63, 3.8) is 0 Å². The van der Waals surface area contributed by atoms with Gasteiger partial charge in [0.15, 0.2) is 5.84 Å².